The van der Waals surface area contributed by atoms with Gasteiger partial charge in [0.2, 0.25) is 0 Å². The van der Waals surface area contributed by atoms with E-state index in [4.69, 9.17) is 10.5 Å². The van der Waals surface area contributed by atoms with Gasteiger partial charge in [0.15, 0.2) is 11.9 Å². The molecule has 1 saturated heterocycles. The standard InChI is InChI=1S/C28H38N4O4S/c1-28(2,3)19-10-8-18(9-11-19)15-20(33)7-5-4-6-14-37-16-22-24(34)25(35)27(36-22)32-17-31-23-21(29)12-13-30-26(23)32/h8-13,17,22,24-25,27,34-35H,4-7,14-16H2,1-3H3,(H2,29,30)/t22-,24-,25-,27-/m1/s1. The predicted octanol–water partition coefficient (Wildman–Crippen LogP) is 4.04. The van der Waals surface area contributed by atoms with Crippen LogP contribution in [0.3, 0.4) is 0 Å². The number of imidazole rings is 1. The molecule has 200 valence electrons. The molecule has 8 nitrogen and oxygen atoms in total. The minimum absolute atomic E-state index is 0.117. The van der Waals surface area contributed by atoms with Crippen LogP contribution in [0.5, 0.6) is 0 Å². The zero-order valence-corrected chi connectivity index (χ0v) is 22.7. The number of carbonyl (C=O) groups excluding carboxylic acids is 1. The van der Waals surface area contributed by atoms with E-state index in [9.17, 15) is 15.0 Å². The third-order valence-corrected chi connectivity index (χ3v) is 7.99. The van der Waals surface area contributed by atoms with Crippen LogP contribution in [-0.4, -0.2) is 60.3 Å². The molecule has 0 radical (unpaired) electrons. The summed E-state index contributed by atoms with van der Waals surface area (Å²) in [6.45, 7) is 6.56. The lowest BCUT2D eigenvalue weighted by Crippen LogP contribution is -2.32. The van der Waals surface area contributed by atoms with Crippen molar-refractivity contribution in [3.63, 3.8) is 0 Å². The van der Waals surface area contributed by atoms with Crippen molar-refractivity contribution in [2.45, 2.75) is 82.8 Å². The van der Waals surface area contributed by atoms with E-state index in [1.807, 2.05) is 0 Å². The number of ether oxygens (including phenoxy) is 1. The number of aliphatic hydroxyl groups excluding tert-OH is 2. The second kappa shape index (κ2) is 11.9. The molecule has 1 aromatic carbocycles. The van der Waals surface area contributed by atoms with E-state index in [0.29, 0.717) is 35.4 Å². The molecule has 0 aliphatic carbocycles. The van der Waals surface area contributed by atoms with Crippen LogP contribution in [0.25, 0.3) is 11.2 Å². The van der Waals surface area contributed by atoms with Gasteiger partial charge in [-0.05, 0) is 41.2 Å². The van der Waals surface area contributed by atoms with Crippen LogP contribution in [0.15, 0.2) is 42.9 Å². The summed E-state index contributed by atoms with van der Waals surface area (Å²) in [4.78, 5) is 20.9. The third kappa shape index (κ3) is 6.71. The van der Waals surface area contributed by atoms with Crippen molar-refractivity contribution in [2.24, 2.45) is 0 Å². The number of aromatic nitrogens is 3. The third-order valence-electron chi connectivity index (χ3n) is 6.85. The summed E-state index contributed by atoms with van der Waals surface area (Å²) < 4.78 is 7.62. The van der Waals surface area contributed by atoms with Gasteiger partial charge in [0.05, 0.1) is 18.1 Å². The fourth-order valence-corrected chi connectivity index (χ4v) is 5.66. The number of rotatable bonds is 11. The number of aliphatic hydroxyl groups is 2. The molecule has 9 heteroatoms. The second-order valence-electron chi connectivity index (χ2n) is 10.8. The van der Waals surface area contributed by atoms with Gasteiger partial charge in [0.25, 0.3) is 0 Å². The lowest BCUT2D eigenvalue weighted by Gasteiger charge is -2.19. The molecule has 0 saturated carbocycles. The normalized spacial score (nSPS) is 22.1. The SMILES string of the molecule is CC(C)(C)c1ccc(CC(=O)CCCCCSC[C@H]2O[C@@H](n3cnc4c(N)ccnc43)[C@H](O)[C@@H]2O)cc1. The zero-order chi connectivity index (χ0) is 26.6. The number of anilines is 1. The van der Waals surface area contributed by atoms with Crippen LogP contribution in [0.1, 0.15) is 63.8 Å². The van der Waals surface area contributed by atoms with Crippen molar-refractivity contribution < 1.29 is 19.7 Å². The van der Waals surface area contributed by atoms with E-state index in [1.165, 1.54) is 11.9 Å². The summed E-state index contributed by atoms with van der Waals surface area (Å²) in [5.41, 5.74) is 9.98. The first-order valence-corrected chi connectivity index (χ1v) is 14.1. The van der Waals surface area contributed by atoms with Gasteiger partial charge in [0.1, 0.15) is 23.5 Å². The first-order valence-electron chi connectivity index (χ1n) is 12.9. The molecule has 1 aliphatic heterocycles. The number of Topliss-reactive ketones (excluding diaryl/α,β-unsaturated/α-hetero) is 1. The average Bonchev–Trinajstić information content (AvgIpc) is 3.40. The Labute approximate surface area is 222 Å². The molecule has 4 rings (SSSR count). The molecule has 3 aromatic rings. The summed E-state index contributed by atoms with van der Waals surface area (Å²) >= 11 is 1.68. The highest BCUT2D eigenvalue weighted by Gasteiger charge is 2.44. The largest absolute Gasteiger partial charge is 0.397 e. The number of benzene rings is 1. The lowest BCUT2D eigenvalue weighted by atomic mass is 9.86. The number of nitrogen functional groups attached to an aromatic ring is 1. The Morgan fingerprint density at radius 2 is 1.84 bits per heavy atom. The number of unbranched alkanes of at least 4 members (excludes halogenated alkanes) is 2. The topological polar surface area (TPSA) is 123 Å². The number of nitrogens with two attached hydrogens (primary N) is 1. The Hall–Kier alpha value is -2.46. The number of hydrogen-bond donors (Lipinski definition) is 3. The highest BCUT2D eigenvalue weighted by atomic mass is 32.2. The van der Waals surface area contributed by atoms with Crippen LogP contribution < -0.4 is 5.73 Å². The minimum atomic E-state index is -1.08. The number of fused-ring (bicyclic) bond motifs is 1. The molecule has 1 fully saturated rings. The van der Waals surface area contributed by atoms with E-state index in [-0.39, 0.29) is 11.2 Å². The number of carbonyl (C=O) groups is 1. The van der Waals surface area contributed by atoms with Gasteiger partial charge in [-0.3, -0.25) is 9.36 Å². The van der Waals surface area contributed by atoms with Gasteiger partial charge >= 0.3 is 0 Å². The molecule has 37 heavy (non-hydrogen) atoms. The fourth-order valence-electron chi connectivity index (χ4n) is 4.58. The maximum atomic E-state index is 12.4. The Morgan fingerprint density at radius 1 is 1.08 bits per heavy atom. The van der Waals surface area contributed by atoms with Crippen LogP contribution in [0, 0.1) is 0 Å². The van der Waals surface area contributed by atoms with Crippen LogP contribution in [0.2, 0.25) is 0 Å². The fraction of sp³-hybridized carbons (Fsp3) is 0.536. The molecular formula is C28H38N4O4S. The van der Waals surface area contributed by atoms with E-state index in [0.717, 1.165) is 30.6 Å². The van der Waals surface area contributed by atoms with Crippen LogP contribution in [0.4, 0.5) is 5.69 Å². The van der Waals surface area contributed by atoms with Gasteiger partial charge in [-0.15, -0.1) is 0 Å². The van der Waals surface area contributed by atoms with Crippen molar-refractivity contribution in [3.05, 3.63) is 54.0 Å². The maximum absolute atomic E-state index is 12.4. The summed E-state index contributed by atoms with van der Waals surface area (Å²) in [6.07, 6.45) is 3.73. The van der Waals surface area contributed by atoms with Gasteiger partial charge in [-0.1, -0.05) is 51.5 Å². The molecule has 0 amide bonds. The minimum Gasteiger partial charge on any atom is -0.397 e. The molecule has 0 spiro atoms. The zero-order valence-electron chi connectivity index (χ0n) is 21.8. The number of pyridine rings is 1. The maximum Gasteiger partial charge on any atom is 0.165 e. The smallest absolute Gasteiger partial charge is 0.165 e. The number of nitrogens with zero attached hydrogens (tertiary/aromatic N) is 3. The second-order valence-corrected chi connectivity index (χ2v) is 12.0. The van der Waals surface area contributed by atoms with Crippen molar-refractivity contribution in [2.75, 3.05) is 17.2 Å². The molecule has 3 heterocycles. The lowest BCUT2D eigenvalue weighted by molar-refractivity contribution is -0.118. The van der Waals surface area contributed by atoms with E-state index < -0.39 is 24.5 Å². The summed E-state index contributed by atoms with van der Waals surface area (Å²) in [5, 5.41) is 21.1. The monoisotopic (exact) mass is 526 g/mol. The highest BCUT2D eigenvalue weighted by Crippen LogP contribution is 2.33. The predicted molar refractivity (Wildman–Crippen MR) is 148 cm³/mol. The number of thioether (sulfide) groups is 1. The Balaban J connectivity index is 1.14. The summed E-state index contributed by atoms with van der Waals surface area (Å²) in [6, 6.07) is 10.0. The quantitative estimate of drug-likeness (QED) is 0.320. The molecule has 2 aromatic heterocycles. The van der Waals surface area contributed by atoms with Crippen LogP contribution >= 0.6 is 11.8 Å². The van der Waals surface area contributed by atoms with Gasteiger partial charge in [-0.2, -0.15) is 11.8 Å². The van der Waals surface area contributed by atoms with Crippen molar-refractivity contribution in [1.82, 2.24) is 14.5 Å². The van der Waals surface area contributed by atoms with E-state index in [2.05, 4.69) is 55.0 Å². The number of hydrogen-bond acceptors (Lipinski definition) is 8. The molecule has 0 unspecified atom stereocenters. The molecule has 1 aliphatic rings. The molecule has 0 bridgehead atoms. The first kappa shape index (κ1) is 27.6. The van der Waals surface area contributed by atoms with Crippen LogP contribution in [-0.2, 0) is 21.4 Å². The Kier molecular flexibility index (Phi) is 8.90. The van der Waals surface area contributed by atoms with E-state index >= 15 is 0 Å². The summed E-state index contributed by atoms with van der Waals surface area (Å²) in [7, 11) is 0. The first-order chi connectivity index (χ1) is 17.6. The molecule has 4 N–H and O–H groups in total. The Bertz CT molecular complexity index is 1190. The van der Waals surface area contributed by atoms with Crippen molar-refractivity contribution in [1.29, 1.82) is 0 Å². The van der Waals surface area contributed by atoms with Gasteiger partial charge in [0, 0.05) is 24.8 Å². The molecular weight excluding hydrogens is 488 g/mol. The number of ketones is 1. The average molecular weight is 527 g/mol. The Morgan fingerprint density at radius 3 is 2.57 bits per heavy atom. The van der Waals surface area contributed by atoms with Gasteiger partial charge < -0.3 is 20.7 Å². The summed E-state index contributed by atoms with van der Waals surface area (Å²) in [5.74, 6) is 1.75. The van der Waals surface area contributed by atoms with Crippen molar-refractivity contribution in [3.8, 4) is 0 Å². The van der Waals surface area contributed by atoms with Crippen molar-refractivity contribution >= 4 is 34.4 Å². The highest BCUT2D eigenvalue weighted by molar-refractivity contribution is 7.99. The van der Waals surface area contributed by atoms with E-state index in [1.54, 1.807) is 28.6 Å². The van der Waals surface area contributed by atoms with Gasteiger partial charge in [-0.25, -0.2) is 9.97 Å². The molecule has 4 atom stereocenters.